The molecule has 128 valence electrons. The second-order valence-corrected chi connectivity index (χ2v) is 6.43. The molecule has 1 N–H and O–H groups in total. The fraction of sp³-hybridized carbons (Fsp3) is 0.368. The summed E-state index contributed by atoms with van der Waals surface area (Å²) >= 11 is 6.05. The van der Waals surface area contributed by atoms with Crippen LogP contribution in [0.4, 0.5) is 5.69 Å². The first kappa shape index (κ1) is 17.1. The highest BCUT2D eigenvalue weighted by Gasteiger charge is 2.19. The third kappa shape index (κ3) is 4.63. The minimum Gasteiger partial charge on any atom is -0.489 e. The molecular formula is C19H23ClN2O2. The highest BCUT2D eigenvalue weighted by Crippen LogP contribution is 2.23. The molecule has 0 saturated carbocycles. The van der Waals surface area contributed by atoms with Gasteiger partial charge in [-0.3, -0.25) is 4.90 Å². The average molecular weight is 347 g/mol. The van der Waals surface area contributed by atoms with Crippen LogP contribution in [0.1, 0.15) is 0 Å². The quantitative estimate of drug-likeness (QED) is 0.872. The number of rotatable bonds is 6. The van der Waals surface area contributed by atoms with E-state index in [1.807, 2.05) is 24.3 Å². The van der Waals surface area contributed by atoms with E-state index in [-0.39, 0.29) is 6.61 Å². The highest BCUT2D eigenvalue weighted by atomic mass is 35.5. The van der Waals surface area contributed by atoms with Crippen LogP contribution in [-0.2, 0) is 0 Å². The number of anilines is 1. The summed E-state index contributed by atoms with van der Waals surface area (Å²) in [5.41, 5.74) is 1.26. The highest BCUT2D eigenvalue weighted by molar-refractivity contribution is 6.32. The maximum absolute atomic E-state index is 10.2. The smallest absolute Gasteiger partial charge is 0.138 e. The molecule has 0 unspecified atom stereocenters. The number of ether oxygens (including phenoxy) is 1. The van der Waals surface area contributed by atoms with Crippen molar-refractivity contribution in [1.29, 1.82) is 0 Å². The Bertz CT molecular complexity index is 630. The number of halogens is 1. The van der Waals surface area contributed by atoms with Crippen molar-refractivity contribution >= 4 is 17.3 Å². The molecule has 1 saturated heterocycles. The molecule has 0 radical (unpaired) electrons. The fourth-order valence-electron chi connectivity index (χ4n) is 2.93. The van der Waals surface area contributed by atoms with Crippen LogP contribution in [-0.4, -0.2) is 55.4 Å². The first-order valence-corrected chi connectivity index (χ1v) is 8.68. The molecule has 2 aromatic rings. The molecule has 0 spiro atoms. The Morgan fingerprint density at radius 1 is 0.958 bits per heavy atom. The second-order valence-electron chi connectivity index (χ2n) is 6.02. The van der Waals surface area contributed by atoms with Crippen molar-refractivity contribution in [2.45, 2.75) is 6.10 Å². The largest absolute Gasteiger partial charge is 0.489 e. The predicted octanol–water partition coefficient (Wildman–Crippen LogP) is 2.90. The Labute approximate surface area is 148 Å². The van der Waals surface area contributed by atoms with E-state index in [0.717, 1.165) is 26.2 Å². The third-order valence-corrected chi connectivity index (χ3v) is 4.54. The SMILES string of the molecule is O[C@H](COc1ccccc1Cl)CN1CCN(c2ccccc2)CC1. The zero-order valence-corrected chi connectivity index (χ0v) is 14.4. The van der Waals surface area contributed by atoms with Crippen molar-refractivity contribution in [3.05, 3.63) is 59.6 Å². The third-order valence-electron chi connectivity index (χ3n) is 4.23. The lowest BCUT2D eigenvalue weighted by atomic mass is 10.2. The minimum absolute atomic E-state index is 0.253. The molecule has 4 nitrogen and oxygen atoms in total. The van der Waals surface area contributed by atoms with Crippen LogP contribution in [0, 0.1) is 0 Å². The van der Waals surface area contributed by atoms with Crippen LogP contribution in [0.2, 0.25) is 5.02 Å². The normalized spacial score (nSPS) is 16.8. The monoisotopic (exact) mass is 346 g/mol. The van der Waals surface area contributed by atoms with E-state index >= 15 is 0 Å². The van der Waals surface area contributed by atoms with Gasteiger partial charge in [-0.2, -0.15) is 0 Å². The first-order chi connectivity index (χ1) is 11.7. The molecule has 2 aromatic carbocycles. The Morgan fingerprint density at radius 2 is 1.62 bits per heavy atom. The first-order valence-electron chi connectivity index (χ1n) is 8.30. The van der Waals surface area contributed by atoms with E-state index in [9.17, 15) is 5.11 Å². The molecule has 3 rings (SSSR count). The molecule has 0 aromatic heterocycles. The second kappa shape index (κ2) is 8.38. The van der Waals surface area contributed by atoms with E-state index in [4.69, 9.17) is 16.3 Å². The van der Waals surface area contributed by atoms with Gasteiger partial charge in [0.25, 0.3) is 0 Å². The zero-order valence-electron chi connectivity index (χ0n) is 13.6. The van der Waals surface area contributed by atoms with E-state index < -0.39 is 6.10 Å². The standard InChI is InChI=1S/C19H23ClN2O2/c20-18-8-4-5-9-19(18)24-15-17(23)14-21-10-12-22(13-11-21)16-6-2-1-3-7-16/h1-9,17,23H,10-15H2/t17-/m0/s1. The molecule has 24 heavy (non-hydrogen) atoms. The van der Waals surface area contributed by atoms with Crippen molar-refractivity contribution in [2.75, 3.05) is 44.2 Å². The number of β-amino-alcohol motifs (C(OH)–C–C–N with tert-alkyl or cyclic N) is 1. The van der Waals surface area contributed by atoms with Gasteiger partial charge in [-0.1, -0.05) is 41.9 Å². The van der Waals surface area contributed by atoms with Crippen LogP contribution in [0.5, 0.6) is 5.75 Å². The molecule has 1 heterocycles. The summed E-state index contributed by atoms with van der Waals surface area (Å²) in [6, 6.07) is 17.8. The Kier molecular flexibility index (Phi) is 5.96. The summed E-state index contributed by atoms with van der Waals surface area (Å²) in [5.74, 6) is 0.618. The number of nitrogens with zero attached hydrogens (tertiary/aromatic N) is 2. The van der Waals surface area contributed by atoms with Crippen molar-refractivity contribution in [1.82, 2.24) is 4.90 Å². The summed E-state index contributed by atoms with van der Waals surface area (Å²) in [7, 11) is 0. The predicted molar refractivity (Wildman–Crippen MR) is 98.0 cm³/mol. The summed E-state index contributed by atoms with van der Waals surface area (Å²) in [6.45, 7) is 4.70. The van der Waals surface area contributed by atoms with Gasteiger partial charge in [0.1, 0.15) is 18.5 Å². The lowest BCUT2D eigenvalue weighted by Crippen LogP contribution is -2.49. The molecule has 0 bridgehead atoms. The summed E-state index contributed by atoms with van der Waals surface area (Å²) in [6.07, 6.45) is -0.524. The molecule has 1 aliphatic rings. The van der Waals surface area contributed by atoms with Crippen molar-refractivity contribution in [3.63, 3.8) is 0 Å². The van der Waals surface area contributed by atoms with Gasteiger partial charge in [0, 0.05) is 38.4 Å². The lowest BCUT2D eigenvalue weighted by molar-refractivity contribution is 0.0663. The molecule has 1 atom stereocenters. The number of benzene rings is 2. The van der Waals surface area contributed by atoms with E-state index in [1.54, 1.807) is 6.07 Å². The van der Waals surface area contributed by atoms with Crippen molar-refractivity contribution in [3.8, 4) is 5.75 Å². The number of piperazine rings is 1. The number of para-hydroxylation sites is 2. The summed E-state index contributed by atoms with van der Waals surface area (Å²) in [4.78, 5) is 4.66. The summed E-state index contributed by atoms with van der Waals surface area (Å²) in [5, 5.41) is 10.8. The van der Waals surface area contributed by atoms with Crippen LogP contribution in [0.15, 0.2) is 54.6 Å². The van der Waals surface area contributed by atoms with Crippen LogP contribution >= 0.6 is 11.6 Å². The summed E-state index contributed by atoms with van der Waals surface area (Å²) < 4.78 is 5.61. The number of aliphatic hydroxyl groups is 1. The molecule has 5 heteroatoms. The number of aliphatic hydroxyl groups excluding tert-OH is 1. The van der Waals surface area contributed by atoms with Crippen LogP contribution in [0.25, 0.3) is 0 Å². The number of hydrogen-bond acceptors (Lipinski definition) is 4. The van der Waals surface area contributed by atoms with Gasteiger partial charge < -0.3 is 14.7 Å². The Hall–Kier alpha value is -1.75. The topological polar surface area (TPSA) is 35.9 Å². The van der Waals surface area contributed by atoms with Gasteiger partial charge in [-0.05, 0) is 24.3 Å². The molecule has 0 amide bonds. The van der Waals surface area contributed by atoms with Gasteiger partial charge in [-0.25, -0.2) is 0 Å². The molecule has 0 aliphatic carbocycles. The molecular weight excluding hydrogens is 324 g/mol. The van der Waals surface area contributed by atoms with Gasteiger partial charge in [-0.15, -0.1) is 0 Å². The fourth-order valence-corrected chi connectivity index (χ4v) is 3.12. The van der Waals surface area contributed by atoms with E-state index in [2.05, 4.69) is 34.1 Å². The molecule has 1 aliphatic heterocycles. The Balaban J connectivity index is 1.42. The maximum Gasteiger partial charge on any atom is 0.138 e. The van der Waals surface area contributed by atoms with E-state index in [1.165, 1.54) is 5.69 Å². The maximum atomic E-state index is 10.2. The molecule has 1 fully saturated rings. The van der Waals surface area contributed by atoms with Crippen molar-refractivity contribution in [2.24, 2.45) is 0 Å². The number of hydrogen-bond donors (Lipinski definition) is 1. The van der Waals surface area contributed by atoms with Gasteiger partial charge in [0.2, 0.25) is 0 Å². The average Bonchev–Trinajstić information content (AvgIpc) is 2.62. The Morgan fingerprint density at radius 3 is 2.33 bits per heavy atom. The van der Waals surface area contributed by atoms with Crippen molar-refractivity contribution < 1.29 is 9.84 Å². The van der Waals surface area contributed by atoms with Crippen LogP contribution in [0.3, 0.4) is 0 Å². The van der Waals surface area contributed by atoms with Crippen LogP contribution < -0.4 is 9.64 Å². The lowest BCUT2D eigenvalue weighted by Gasteiger charge is -2.36. The van der Waals surface area contributed by atoms with Gasteiger partial charge in [0.05, 0.1) is 5.02 Å². The van der Waals surface area contributed by atoms with Gasteiger partial charge >= 0.3 is 0 Å². The minimum atomic E-state index is -0.524. The van der Waals surface area contributed by atoms with Gasteiger partial charge in [0.15, 0.2) is 0 Å². The zero-order chi connectivity index (χ0) is 16.8. The van der Waals surface area contributed by atoms with E-state index in [0.29, 0.717) is 17.3 Å².